The Balaban J connectivity index is 2.64. The lowest BCUT2D eigenvalue weighted by Gasteiger charge is -2.16. The molecule has 1 rings (SSSR count). The molecule has 0 nitrogen and oxygen atoms in total. The summed E-state index contributed by atoms with van der Waals surface area (Å²) in [4.78, 5) is 0. The Kier molecular flexibility index (Phi) is 4.40. The molecule has 0 N–H and O–H groups in total. The fraction of sp³-hybridized carbons (Fsp3) is 0.500. The Bertz CT molecular complexity index is 285. The zero-order valence-electron chi connectivity index (χ0n) is 8.63. The summed E-state index contributed by atoms with van der Waals surface area (Å²) < 4.78 is 13.3. The van der Waals surface area contributed by atoms with Crippen LogP contribution in [0, 0.1) is 11.7 Å². The van der Waals surface area contributed by atoms with Crippen LogP contribution in [0.5, 0.6) is 0 Å². The molecule has 0 bridgehead atoms. The van der Waals surface area contributed by atoms with Gasteiger partial charge < -0.3 is 0 Å². The van der Waals surface area contributed by atoms with E-state index in [-0.39, 0.29) is 11.2 Å². The maximum Gasteiger partial charge on any atom is 0.126 e. The summed E-state index contributed by atoms with van der Waals surface area (Å²) in [7, 11) is 0. The van der Waals surface area contributed by atoms with Crippen LogP contribution >= 0.6 is 11.6 Å². The van der Waals surface area contributed by atoms with Crippen LogP contribution in [0.3, 0.4) is 0 Å². The molecule has 0 aliphatic rings. The van der Waals surface area contributed by atoms with Crippen molar-refractivity contribution in [1.82, 2.24) is 0 Å². The molecule has 0 aliphatic carbocycles. The van der Waals surface area contributed by atoms with E-state index in [4.69, 9.17) is 11.6 Å². The number of benzene rings is 1. The van der Waals surface area contributed by atoms with Crippen molar-refractivity contribution in [3.05, 3.63) is 35.6 Å². The van der Waals surface area contributed by atoms with Crippen molar-refractivity contribution in [3.8, 4) is 0 Å². The van der Waals surface area contributed by atoms with Gasteiger partial charge in [0.1, 0.15) is 5.82 Å². The molecule has 2 unspecified atom stereocenters. The van der Waals surface area contributed by atoms with Gasteiger partial charge in [-0.05, 0) is 30.4 Å². The van der Waals surface area contributed by atoms with Crippen LogP contribution in [-0.2, 0) is 6.42 Å². The van der Waals surface area contributed by atoms with E-state index in [1.165, 1.54) is 6.07 Å². The minimum Gasteiger partial charge on any atom is -0.207 e. The highest BCUT2D eigenvalue weighted by Crippen LogP contribution is 2.20. The minimum absolute atomic E-state index is 0.126. The molecule has 0 aromatic heterocycles. The van der Waals surface area contributed by atoms with Gasteiger partial charge in [0.15, 0.2) is 0 Å². The molecule has 0 heterocycles. The Morgan fingerprint density at radius 1 is 1.36 bits per heavy atom. The molecule has 0 fully saturated rings. The molecule has 0 amide bonds. The first-order valence-corrected chi connectivity index (χ1v) is 5.46. The van der Waals surface area contributed by atoms with Crippen molar-refractivity contribution >= 4 is 11.6 Å². The first-order chi connectivity index (χ1) is 6.65. The highest BCUT2D eigenvalue weighted by atomic mass is 35.5. The standard InChI is InChI=1S/C12H16ClF/c1-3-11(13)9(2)8-10-6-4-5-7-12(10)14/h4-7,9,11H,3,8H2,1-2H3. The summed E-state index contributed by atoms with van der Waals surface area (Å²) >= 11 is 6.10. The third kappa shape index (κ3) is 2.98. The molecule has 0 spiro atoms. The molecule has 2 heteroatoms. The SMILES string of the molecule is CCC(Cl)C(C)Cc1ccccc1F. The number of hydrogen-bond acceptors (Lipinski definition) is 0. The van der Waals surface area contributed by atoms with Crippen molar-refractivity contribution in [3.63, 3.8) is 0 Å². The van der Waals surface area contributed by atoms with Gasteiger partial charge in [-0.1, -0.05) is 32.0 Å². The van der Waals surface area contributed by atoms with Gasteiger partial charge in [-0.3, -0.25) is 0 Å². The lowest BCUT2D eigenvalue weighted by Crippen LogP contribution is -2.13. The molecule has 1 aromatic rings. The van der Waals surface area contributed by atoms with Gasteiger partial charge in [-0.2, -0.15) is 0 Å². The second-order valence-electron chi connectivity index (χ2n) is 3.70. The Morgan fingerprint density at radius 3 is 2.57 bits per heavy atom. The van der Waals surface area contributed by atoms with E-state index < -0.39 is 0 Å². The van der Waals surface area contributed by atoms with Gasteiger partial charge in [-0.15, -0.1) is 11.6 Å². The predicted molar refractivity (Wildman–Crippen MR) is 59.2 cm³/mol. The third-order valence-corrected chi connectivity index (χ3v) is 3.25. The summed E-state index contributed by atoms with van der Waals surface area (Å²) in [6, 6.07) is 6.89. The quantitative estimate of drug-likeness (QED) is 0.665. The smallest absolute Gasteiger partial charge is 0.126 e. The van der Waals surface area contributed by atoms with Crippen LogP contribution in [0.2, 0.25) is 0 Å². The number of halogens is 2. The van der Waals surface area contributed by atoms with Crippen molar-refractivity contribution in [2.75, 3.05) is 0 Å². The summed E-state index contributed by atoms with van der Waals surface area (Å²) in [5.41, 5.74) is 0.763. The highest BCUT2D eigenvalue weighted by molar-refractivity contribution is 6.20. The van der Waals surface area contributed by atoms with Crippen LogP contribution in [0.25, 0.3) is 0 Å². The zero-order chi connectivity index (χ0) is 10.6. The molecule has 0 saturated carbocycles. The maximum absolute atomic E-state index is 13.3. The van der Waals surface area contributed by atoms with Gasteiger partial charge in [0, 0.05) is 5.38 Å². The van der Waals surface area contributed by atoms with E-state index in [1.807, 2.05) is 12.1 Å². The lowest BCUT2D eigenvalue weighted by molar-refractivity contribution is 0.511. The topological polar surface area (TPSA) is 0 Å². The lowest BCUT2D eigenvalue weighted by atomic mass is 9.96. The third-order valence-electron chi connectivity index (χ3n) is 2.51. The maximum atomic E-state index is 13.3. The monoisotopic (exact) mass is 214 g/mol. The molecule has 0 aliphatic heterocycles. The first-order valence-electron chi connectivity index (χ1n) is 5.02. The molecule has 2 atom stereocenters. The molecule has 1 aromatic carbocycles. The van der Waals surface area contributed by atoms with Crippen LogP contribution in [0.1, 0.15) is 25.8 Å². The summed E-state index contributed by atoms with van der Waals surface area (Å²) in [5.74, 6) is 0.192. The van der Waals surface area contributed by atoms with E-state index in [1.54, 1.807) is 6.07 Å². The van der Waals surface area contributed by atoms with Gasteiger partial charge in [0.25, 0.3) is 0 Å². The minimum atomic E-state index is -0.126. The zero-order valence-corrected chi connectivity index (χ0v) is 9.39. The van der Waals surface area contributed by atoms with Crippen molar-refractivity contribution in [2.45, 2.75) is 32.1 Å². The van der Waals surface area contributed by atoms with E-state index in [0.29, 0.717) is 12.3 Å². The number of hydrogen-bond donors (Lipinski definition) is 0. The molecule has 0 radical (unpaired) electrons. The van der Waals surface area contributed by atoms with Crippen LogP contribution < -0.4 is 0 Å². The van der Waals surface area contributed by atoms with Gasteiger partial charge in [0.2, 0.25) is 0 Å². The van der Waals surface area contributed by atoms with Crippen molar-refractivity contribution in [1.29, 1.82) is 0 Å². The van der Waals surface area contributed by atoms with E-state index >= 15 is 0 Å². The summed E-state index contributed by atoms with van der Waals surface area (Å²) in [6.07, 6.45) is 1.64. The Hall–Kier alpha value is -0.560. The average molecular weight is 215 g/mol. The fourth-order valence-corrected chi connectivity index (χ4v) is 1.63. The number of alkyl halides is 1. The second-order valence-corrected chi connectivity index (χ2v) is 4.26. The fourth-order valence-electron chi connectivity index (χ4n) is 1.54. The Labute approximate surface area is 90.1 Å². The second kappa shape index (κ2) is 5.35. The predicted octanol–water partition coefficient (Wildman–Crippen LogP) is 4.02. The first kappa shape index (κ1) is 11.5. The summed E-state index contributed by atoms with van der Waals surface area (Å²) in [5, 5.41) is 0.134. The van der Waals surface area contributed by atoms with Gasteiger partial charge in [0.05, 0.1) is 0 Å². The van der Waals surface area contributed by atoms with Crippen LogP contribution in [0.4, 0.5) is 4.39 Å². The van der Waals surface area contributed by atoms with Crippen LogP contribution in [0.15, 0.2) is 24.3 Å². The molecule has 78 valence electrons. The largest absolute Gasteiger partial charge is 0.207 e. The van der Waals surface area contributed by atoms with Gasteiger partial charge >= 0.3 is 0 Å². The molecular formula is C12H16ClF. The van der Waals surface area contributed by atoms with Crippen LogP contribution in [-0.4, -0.2) is 5.38 Å². The van der Waals surface area contributed by atoms with Crippen molar-refractivity contribution < 1.29 is 4.39 Å². The van der Waals surface area contributed by atoms with Gasteiger partial charge in [-0.25, -0.2) is 4.39 Å². The van der Waals surface area contributed by atoms with E-state index in [0.717, 1.165) is 12.0 Å². The van der Waals surface area contributed by atoms with E-state index in [2.05, 4.69) is 13.8 Å². The molecule has 14 heavy (non-hydrogen) atoms. The molecular weight excluding hydrogens is 199 g/mol. The Morgan fingerprint density at radius 2 is 2.00 bits per heavy atom. The summed E-state index contributed by atoms with van der Waals surface area (Å²) in [6.45, 7) is 4.11. The van der Waals surface area contributed by atoms with E-state index in [9.17, 15) is 4.39 Å². The highest BCUT2D eigenvalue weighted by Gasteiger charge is 2.14. The van der Waals surface area contributed by atoms with Crippen molar-refractivity contribution in [2.24, 2.45) is 5.92 Å². The number of rotatable bonds is 4. The molecule has 0 saturated heterocycles. The average Bonchev–Trinajstić information content (AvgIpc) is 2.20. The normalized spacial score (nSPS) is 15.1.